The van der Waals surface area contributed by atoms with E-state index in [1.54, 1.807) is 0 Å². The second kappa shape index (κ2) is 5.70. The van der Waals surface area contributed by atoms with Crippen molar-refractivity contribution in [1.82, 2.24) is 10.3 Å². The van der Waals surface area contributed by atoms with E-state index in [0.29, 0.717) is 6.04 Å². The number of hydrogen-bond acceptors (Lipinski definition) is 3. The van der Waals surface area contributed by atoms with Crippen LogP contribution in [-0.2, 0) is 0 Å². The fourth-order valence-electron chi connectivity index (χ4n) is 2.62. The van der Waals surface area contributed by atoms with Crippen LogP contribution in [-0.4, -0.2) is 24.6 Å². The summed E-state index contributed by atoms with van der Waals surface area (Å²) >= 11 is 0. The van der Waals surface area contributed by atoms with Crippen molar-refractivity contribution in [2.24, 2.45) is 11.8 Å². The van der Waals surface area contributed by atoms with Crippen molar-refractivity contribution in [3.63, 3.8) is 0 Å². The molecule has 0 saturated carbocycles. The monoisotopic (exact) mass is 247 g/mol. The minimum atomic E-state index is 0.397. The van der Waals surface area contributed by atoms with Gasteiger partial charge >= 0.3 is 0 Å². The first kappa shape index (κ1) is 13.3. The summed E-state index contributed by atoms with van der Waals surface area (Å²) in [6.45, 7) is 12.3. The number of aromatic nitrogens is 1. The molecule has 1 fully saturated rings. The van der Waals surface area contributed by atoms with Gasteiger partial charge in [-0.15, -0.1) is 0 Å². The Bertz CT molecular complexity index is 381. The molecule has 3 atom stereocenters. The van der Waals surface area contributed by atoms with Crippen molar-refractivity contribution >= 4 is 5.82 Å². The van der Waals surface area contributed by atoms with Crippen LogP contribution in [0.2, 0.25) is 0 Å². The van der Waals surface area contributed by atoms with Crippen LogP contribution in [0.3, 0.4) is 0 Å². The van der Waals surface area contributed by atoms with Gasteiger partial charge in [0.25, 0.3) is 0 Å². The molecule has 1 aliphatic rings. The molecule has 1 saturated heterocycles. The van der Waals surface area contributed by atoms with Crippen LogP contribution >= 0.6 is 0 Å². The van der Waals surface area contributed by atoms with E-state index in [-0.39, 0.29) is 0 Å². The zero-order chi connectivity index (χ0) is 13.1. The quantitative estimate of drug-likeness (QED) is 0.887. The third kappa shape index (κ3) is 2.83. The molecule has 3 heteroatoms. The second-order valence-corrected chi connectivity index (χ2v) is 5.59. The Hall–Kier alpha value is -1.09. The summed E-state index contributed by atoms with van der Waals surface area (Å²) in [6, 6.07) is 4.74. The fraction of sp³-hybridized carbons (Fsp3) is 0.667. The molecule has 0 aliphatic carbocycles. The van der Waals surface area contributed by atoms with E-state index in [2.05, 4.69) is 55.0 Å². The van der Waals surface area contributed by atoms with Gasteiger partial charge in [0.05, 0.1) is 0 Å². The average molecular weight is 247 g/mol. The van der Waals surface area contributed by atoms with E-state index in [1.165, 1.54) is 5.56 Å². The lowest BCUT2D eigenvalue weighted by atomic mass is 10.0. The van der Waals surface area contributed by atoms with Crippen molar-refractivity contribution in [3.05, 3.63) is 23.9 Å². The number of rotatable bonds is 4. The highest BCUT2D eigenvalue weighted by atomic mass is 15.2. The lowest BCUT2D eigenvalue weighted by Gasteiger charge is -2.19. The maximum Gasteiger partial charge on any atom is 0.128 e. The summed E-state index contributed by atoms with van der Waals surface area (Å²) < 4.78 is 0. The van der Waals surface area contributed by atoms with Gasteiger partial charge in [-0.2, -0.15) is 0 Å². The van der Waals surface area contributed by atoms with Crippen LogP contribution in [0.4, 0.5) is 5.82 Å². The van der Waals surface area contributed by atoms with Gasteiger partial charge in [0.2, 0.25) is 0 Å². The van der Waals surface area contributed by atoms with E-state index >= 15 is 0 Å². The molecule has 1 aliphatic heterocycles. The maximum atomic E-state index is 4.53. The molecule has 0 spiro atoms. The number of hydrogen-bond donors (Lipinski definition) is 1. The summed E-state index contributed by atoms with van der Waals surface area (Å²) in [5.41, 5.74) is 1.33. The predicted molar refractivity (Wildman–Crippen MR) is 76.9 cm³/mol. The number of anilines is 1. The summed E-state index contributed by atoms with van der Waals surface area (Å²) in [4.78, 5) is 6.95. The Balaban J connectivity index is 2.12. The van der Waals surface area contributed by atoms with E-state index in [9.17, 15) is 0 Å². The predicted octanol–water partition coefficient (Wildman–Crippen LogP) is 2.84. The van der Waals surface area contributed by atoms with Crippen LogP contribution in [0.15, 0.2) is 18.3 Å². The Morgan fingerprint density at radius 2 is 2.06 bits per heavy atom. The molecule has 1 aromatic heterocycles. The average Bonchev–Trinajstić information content (AvgIpc) is 2.70. The van der Waals surface area contributed by atoms with E-state index < -0.39 is 0 Å². The lowest BCUT2D eigenvalue weighted by Crippen LogP contribution is -2.22. The molecule has 0 aromatic carbocycles. The van der Waals surface area contributed by atoms with Gasteiger partial charge in [-0.05, 0) is 43.0 Å². The minimum absolute atomic E-state index is 0.397. The first-order chi connectivity index (χ1) is 8.61. The van der Waals surface area contributed by atoms with Crippen LogP contribution in [0.25, 0.3) is 0 Å². The maximum absolute atomic E-state index is 4.53. The molecule has 1 aromatic rings. The fourth-order valence-corrected chi connectivity index (χ4v) is 2.62. The Labute approximate surface area is 111 Å². The highest BCUT2D eigenvalue weighted by molar-refractivity contribution is 5.43. The standard InChI is InChI=1S/C15H25N3/c1-5-16-13(4)14-6-7-17-15(8-14)18-9-11(2)12(3)10-18/h6-8,11-13,16H,5,9-10H2,1-4H3. The van der Waals surface area contributed by atoms with Crippen LogP contribution < -0.4 is 10.2 Å². The van der Waals surface area contributed by atoms with Gasteiger partial charge in [0.1, 0.15) is 5.82 Å². The molecule has 0 bridgehead atoms. The van der Waals surface area contributed by atoms with Crippen LogP contribution in [0.1, 0.15) is 39.3 Å². The normalized spacial score (nSPS) is 25.4. The molecule has 3 nitrogen and oxygen atoms in total. The van der Waals surface area contributed by atoms with Crippen LogP contribution in [0, 0.1) is 11.8 Å². The zero-order valence-corrected chi connectivity index (χ0v) is 12.0. The van der Waals surface area contributed by atoms with Gasteiger partial charge < -0.3 is 10.2 Å². The molecule has 1 N–H and O–H groups in total. The summed E-state index contributed by atoms with van der Waals surface area (Å²) in [6.07, 6.45) is 1.94. The van der Waals surface area contributed by atoms with Crippen molar-refractivity contribution in [1.29, 1.82) is 0 Å². The van der Waals surface area contributed by atoms with Gasteiger partial charge in [0.15, 0.2) is 0 Å². The molecule has 2 heterocycles. The van der Waals surface area contributed by atoms with E-state index in [1.807, 2.05) is 6.20 Å². The number of pyridine rings is 1. The molecule has 0 amide bonds. The van der Waals surface area contributed by atoms with Crippen molar-refractivity contribution < 1.29 is 0 Å². The molecule has 3 unspecified atom stereocenters. The Morgan fingerprint density at radius 3 is 2.67 bits per heavy atom. The third-order valence-electron chi connectivity index (χ3n) is 4.09. The van der Waals surface area contributed by atoms with Gasteiger partial charge in [-0.3, -0.25) is 0 Å². The molecule has 18 heavy (non-hydrogen) atoms. The van der Waals surface area contributed by atoms with Crippen LogP contribution in [0.5, 0.6) is 0 Å². The van der Waals surface area contributed by atoms with E-state index in [4.69, 9.17) is 0 Å². The van der Waals surface area contributed by atoms with Crippen molar-refractivity contribution in [2.45, 2.75) is 33.7 Å². The van der Waals surface area contributed by atoms with Crippen molar-refractivity contribution in [3.8, 4) is 0 Å². The minimum Gasteiger partial charge on any atom is -0.356 e. The topological polar surface area (TPSA) is 28.2 Å². The Morgan fingerprint density at radius 1 is 1.39 bits per heavy atom. The summed E-state index contributed by atoms with van der Waals surface area (Å²) in [5.74, 6) is 2.66. The molecular weight excluding hydrogens is 222 g/mol. The largest absolute Gasteiger partial charge is 0.356 e. The molecular formula is C15H25N3. The molecule has 2 rings (SSSR count). The van der Waals surface area contributed by atoms with Gasteiger partial charge in [-0.25, -0.2) is 4.98 Å². The third-order valence-corrected chi connectivity index (χ3v) is 4.09. The molecule has 0 radical (unpaired) electrons. The van der Waals surface area contributed by atoms with Gasteiger partial charge in [-0.1, -0.05) is 20.8 Å². The highest BCUT2D eigenvalue weighted by Gasteiger charge is 2.26. The zero-order valence-electron chi connectivity index (χ0n) is 12.0. The van der Waals surface area contributed by atoms with Crippen molar-refractivity contribution in [2.75, 3.05) is 24.5 Å². The summed E-state index contributed by atoms with van der Waals surface area (Å²) in [7, 11) is 0. The number of nitrogens with one attached hydrogen (secondary N) is 1. The summed E-state index contributed by atoms with van der Waals surface area (Å²) in [5, 5.41) is 3.45. The first-order valence-electron chi connectivity index (χ1n) is 7.06. The highest BCUT2D eigenvalue weighted by Crippen LogP contribution is 2.27. The first-order valence-corrected chi connectivity index (χ1v) is 7.06. The van der Waals surface area contributed by atoms with Gasteiger partial charge in [0, 0.05) is 25.3 Å². The SMILES string of the molecule is CCNC(C)c1ccnc(N2CC(C)C(C)C2)c1. The van der Waals surface area contributed by atoms with E-state index in [0.717, 1.165) is 37.3 Å². The smallest absolute Gasteiger partial charge is 0.128 e. The Kier molecular flexibility index (Phi) is 4.23. The lowest BCUT2D eigenvalue weighted by molar-refractivity contribution is 0.494. The second-order valence-electron chi connectivity index (χ2n) is 5.59. The molecule has 100 valence electrons. The number of nitrogens with zero attached hydrogens (tertiary/aromatic N) is 2.